The van der Waals surface area contributed by atoms with Gasteiger partial charge in [0.15, 0.2) is 6.23 Å². The molecule has 0 radical (unpaired) electrons. The van der Waals surface area contributed by atoms with Gasteiger partial charge in [0, 0.05) is 50.4 Å². The summed E-state index contributed by atoms with van der Waals surface area (Å²) in [4.78, 5) is 16.9. The zero-order chi connectivity index (χ0) is 29.0. The number of hydrogen-bond donors (Lipinski definition) is 1. The van der Waals surface area contributed by atoms with Crippen LogP contribution in [0.2, 0.25) is 0 Å². The molecule has 3 heterocycles. The fourth-order valence-corrected chi connectivity index (χ4v) is 6.24. The lowest BCUT2D eigenvalue weighted by molar-refractivity contribution is -0.0366. The van der Waals surface area contributed by atoms with Crippen molar-refractivity contribution in [1.82, 2.24) is 20.0 Å². The highest BCUT2D eigenvalue weighted by atomic mass is 16.6. The van der Waals surface area contributed by atoms with Gasteiger partial charge in [0.2, 0.25) is 0 Å². The van der Waals surface area contributed by atoms with Crippen molar-refractivity contribution in [3.8, 4) is 0 Å². The molecule has 0 bridgehead atoms. The fraction of sp³-hybridized carbons (Fsp3) is 0.576. The Bertz CT molecular complexity index is 1320. The predicted molar refractivity (Wildman–Crippen MR) is 165 cm³/mol. The van der Waals surface area contributed by atoms with Gasteiger partial charge in [-0.2, -0.15) is 5.10 Å². The van der Waals surface area contributed by atoms with Gasteiger partial charge < -0.3 is 24.6 Å². The first kappa shape index (κ1) is 29.4. The van der Waals surface area contributed by atoms with Crippen molar-refractivity contribution in [2.24, 2.45) is 0 Å². The fourth-order valence-electron chi connectivity index (χ4n) is 6.24. The quantitative estimate of drug-likeness (QED) is 0.344. The minimum atomic E-state index is -0.498. The van der Waals surface area contributed by atoms with Crippen LogP contribution in [0.25, 0.3) is 10.9 Å². The Hall–Kier alpha value is -3.10. The number of nitrogens with one attached hydrogen (secondary N) is 1. The zero-order valence-corrected chi connectivity index (χ0v) is 25.5. The number of aromatic nitrogens is 2. The largest absolute Gasteiger partial charge is 0.444 e. The number of anilines is 1. The van der Waals surface area contributed by atoms with Crippen LogP contribution in [0.15, 0.2) is 42.6 Å². The van der Waals surface area contributed by atoms with Crippen molar-refractivity contribution in [1.29, 1.82) is 0 Å². The highest BCUT2D eigenvalue weighted by molar-refractivity contribution is 5.84. The van der Waals surface area contributed by atoms with E-state index in [4.69, 9.17) is 14.6 Å². The smallest absolute Gasteiger partial charge is 0.407 e. The first-order valence-electron chi connectivity index (χ1n) is 15.3. The molecule has 3 aromatic rings. The Morgan fingerprint density at radius 3 is 2.66 bits per heavy atom. The molecule has 1 aromatic heterocycles. The van der Waals surface area contributed by atoms with E-state index in [0.717, 1.165) is 58.5 Å². The molecular formula is C33H47N5O3. The summed E-state index contributed by atoms with van der Waals surface area (Å²) in [5.41, 5.74) is 6.07. The molecule has 0 saturated carbocycles. The van der Waals surface area contributed by atoms with E-state index in [1.54, 1.807) is 0 Å². The average molecular weight is 562 g/mol. The summed E-state index contributed by atoms with van der Waals surface area (Å²) in [5, 5.41) is 9.02. The summed E-state index contributed by atoms with van der Waals surface area (Å²) in [6.45, 7) is 12.8. The van der Waals surface area contributed by atoms with Crippen molar-refractivity contribution >= 4 is 22.7 Å². The number of carbonyl (C=O) groups excluding carboxylic acids is 1. The molecule has 1 unspecified atom stereocenters. The molecule has 2 fully saturated rings. The number of rotatable bonds is 8. The molecule has 1 amide bonds. The van der Waals surface area contributed by atoms with Crippen LogP contribution in [0.3, 0.4) is 0 Å². The molecule has 5 rings (SSSR count). The van der Waals surface area contributed by atoms with E-state index < -0.39 is 5.60 Å². The van der Waals surface area contributed by atoms with Crippen LogP contribution in [0, 0.1) is 6.92 Å². The number of benzene rings is 2. The van der Waals surface area contributed by atoms with E-state index in [2.05, 4.69) is 76.4 Å². The number of piperidine rings is 1. The number of ether oxygens (including phenoxy) is 2. The SMILES string of the molecule is Cc1cccc(N2CCC(c3c(CN(C)CCNC(=O)OC(C)(C)C)ccc4c3cnn4C3CCCCO3)CC2)c1. The number of nitrogens with zero attached hydrogens (tertiary/aromatic N) is 4. The Labute approximate surface area is 245 Å². The van der Waals surface area contributed by atoms with Crippen LogP contribution in [0.1, 0.15) is 81.7 Å². The third-order valence-corrected chi connectivity index (χ3v) is 8.21. The summed E-state index contributed by atoms with van der Waals surface area (Å²) in [6.07, 6.45) is 7.25. The number of likely N-dealkylation sites (N-methyl/N-ethyl adjacent to an activating group) is 1. The second kappa shape index (κ2) is 12.8. The van der Waals surface area contributed by atoms with Gasteiger partial charge in [-0.3, -0.25) is 0 Å². The number of fused-ring (bicyclic) bond motifs is 1. The number of aryl methyl sites for hydroxylation is 1. The van der Waals surface area contributed by atoms with Gasteiger partial charge in [0.25, 0.3) is 0 Å². The Morgan fingerprint density at radius 2 is 1.95 bits per heavy atom. The van der Waals surface area contributed by atoms with Gasteiger partial charge >= 0.3 is 6.09 Å². The van der Waals surface area contributed by atoms with Gasteiger partial charge in [0.1, 0.15) is 5.60 Å². The molecule has 2 aliphatic heterocycles. The maximum atomic E-state index is 12.1. The van der Waals surface area contributed by atoms with E-state index >= 15 is 0 Å². The molecule has 41 heavy (non-hydrogen) atoms. The van der Waals surface area contributed by atoms with Gasteiger partial charge in [-0.05, 0) is 108 Å². The summed E-state index contributed by atoms with van der Waals surface area (Å²) < 4.78 is 13.6. The normalized spacial score (nSPS) is 18.7. The number of hydrogen-bond acceptors (Lipinski definition) is 6. The zero-order valence-electron chi connectivity index (χ0n) is 25.5. The predicted octanol–water partition coefficient (Wildman–Crippen LogP) is 6.38. The average Bonchev–Trinajstić information content (AvgIpc) is 3.37. The monoisotopic (exact) mass is 561 g/mol. The van der Waals surface area contributed by atoms with Crippen LogP contribution in [-0.2, 0) is 16.0 Å². The summed E-state index contributed by atoms with van der Waals surface area (Å²) in [6, 6.07) is 13.4. The summed E-state index contributed by atoms with van der Waals surface area (Å²) in [7, 11) is 2.12. The molecule has 222 valence electrons. The van der Waals surface area contributed by atoms with Crippen LogP contribution >= 0.6 is 0 Å². The van der Waals surface area contributed by atoms with Crippen molar-refractivity contribution in [2.75, 3.05) is 44.7 Å². The van der Waals surface area contributed by atoms with E-state index in [9.17, 15) is 4.79 Å². The van der Waals surface area contributed by atoms with Crippen LogP contribution in [-0.4, -0.2) is 66.2 Å². The number of alkyl carbamates (subject to hydrolysis) is 1. The molecule has 1 N–H and O–H groups in total. The summed E-state index contributed by atoms with van der Waals surface area (Å²) >= 11 is 0. The second-order valence-corrected chi connectivity index (χ2v) is 12.7. The molecule has 2 aromatic carbocycles. The van der Waals surface area contributed by atoms with Gasteiger partial charge in [0.05, 0.1) is 11.7 Å². The molecule has 2 saturated heterocycles. The van der Waals surface area contributed by atoms with E-state index in [0.29, 0.717) is 12.5 Å². The minimum absolute atomic E-state index is 0.0183. The summed E-state index contributed by atoms with van der Waals surface area (Å²) in [5.74, 6) is 0.466. The van der Waals surface area contributed by atoms with E-state index in [1.165, 1.54) is 39.7 Å². The third-order valence-electron chi connectivity index (χ3n) is 8.21. The lowest BCUT2D eigenvalue weighted by atomic mass is 9.84. The maximum Gasteiger partial charge on any atom is 0.407 e. The first-order chi connectivity index (χ1) is 19.7. The Kier molecular flexibility index (Phi) is 9.19. The lowest BCUT2D eigenvalue weighted by Gasteiger charge is -2.35. The van der Waals surface area contributed by atoms with Gasteiger partial charge in [-0.15, -0.1) is 0 Å². The van der Waals surface area contributed by atoms with E-state index in [-0.39, 0.29) is 12.3 Å². The van der Waals surface area contributed by atoms with Crippen LogP contribution in [0.4, 0.5) is 10.5 Å². The minimum Gasteiger partial charge on any atom is -0.444 e. The van der Waals surface area contributed by atoms with E-state index in [1.807, 2.05) is 20.8 Å². The number of amides is 1. The molecule has 8 heteroatoms. The van der Waals surface area contributed by atoms with Crippen molar-refractivity contribution < 1.29 is 14.3 Å². The Morgan fingerprint density at radius 1 is 1.15 bits per heavy atom. The van der Waals surface area contributed by atoms with Gasteiger partial charge in [-0.1, -0.05) is 18.2 Å². The highest BCUT2D eigenvalue weighted by Crippen LogP contribution is 2.38. The highest BCUT2D eigenvalue weighted by Gasteiger charge is 2.27. The molecule has 1 atom stereocenters. The molecule has 0 aliphatic carbocycles. The molecule has 2 aliphatic rings. The standard InChI is InChI=1S/C33H47N5O3/c1-24-9-8-10-27(21-24)37-17-14-25(15-18-37)31-26(23-36(5)19-16-34-32(39)41-33(2,3)4)12-13-29-28(31)22-35-38(29)30-11-6-7-20-40-30/h8-10,12-13,21-22,25,30H,6-7,11,14-20,23H2,1-5H3,(H,34,39). The third kappa shape index (κ3) is 7.41. The topological polar surface area (TPSA) is 71.9 Å². The maximum absolute atomic E-state index is 12.1. The van der Waals surface area contributed by atoms with Crippen LogP contribution < -0.4 is 10.2 Å². The van der Waals surface area contributed by atoms with Crippen molar-refractivity contribution in [3.05, 3.63) is 59.3 Å². The lowest BCUT2D eigenvalue weighted by Crippen LogP contribution is -2.37. The number of carbonyl (C=O) groups is 1. The van der Waals surface area contributed by atoms with Crippen LogP contribution in [0.5, 0.6) is 0 Å². The van der Waals surface area contributed by atoms with Gasteiger partial charge in [-0.25, -0.2) is 9.48 Å². The molecule has 0 spiro atoms. The molecular weight excluding hydrogens is 514 g/mol. The Balaban J connectivity index is 1.34. The van der Waals surface area contributed by atoms with Crippen molar-refractivity contribution in [2.45, 2.75) is 84.1 Å². The second-order valence-electron chi connectivity index (χ2n) is 12.7. The van der Waals surface area contributed by atoms with Crippen molar-refractivity contribution in [3.63, 3.8) is 0 Å². The molecule has 8 nitrogen and oxygen atoms in total. The first-order valence-corrected chi connectivity index (χ1v) is 15.3.